The molecule has 50 heavy (non-hydrogen) atoms. The Morgan fingerprint density at radius 1 is 0.500 bits per heavy atom. The molecule has 0 N–H and O–H groups in total. The second-order valence-corrected chi connectivity index (χ2v) is 13.8. The van der Waals surface area contributed by atoms with Gasteiger partial charge in [0.05, 0.1) is 0 Å². The largest absolute Gasteiger partial charge is 0.264 e. The average Bonchev–Trinajstić information content (AvgIpc) is 3.67. The Kier molecular flexibility index (Phi) is 5.03. The van der Waals surface area contributed by atoms with Gasteiger partial charge in [-0.1, -0.05) is 72.8 Å². The highest BCUT2D eigenvalue weighted by Crippen LogP contribution is 2.50. The number of rotatable bonds is 2. The van der Waals surface area contributed by atoms with Crippen LogP contribution in [0, 0.1) is 12.1 Å². The van der Waals surface area contributed by atoms with Gasteiger partial charge in [-0.05, 0) is 164 Å². The maximum Gasteiger partial charge on any atom is 0.0360 e. The zero-order valence-electron chi connectivity index (χ0n) is 27.0. The molecule has 0 unspecified atom stereocenters. The van der Waals surface area contributed by atoms with Gasteiger partial charge in [0.25, 0.3) is 0 Å². The topological polar surface area (TPSA) is 25.8 Å². The number of hydrogen-bond donors (Lipinski definition) is 0. The van der Waals surface area contributed by atoms with E-state index in [2.05, 4.69) is 125 Å². The van der Waals surface area contributed by atoms with Gasteiger partial charge in [0.1, 0.15) is 0 Å². The number of aromatic nitrogens is 2. The first-order valence-corrected chi connectivity index (χ1v) is 17.4. The summed E-state index contributed by atoms with van der Waals surface area (Å²) in [6, 6.07) is 44.9. The highest BCUT2D eigenvalue weighted by Gasteiger charge is 2.26. The third-order valence-corrected chi connectivity index (χ3v) is 11.4. The second-order valence-electron chi connectivity index (χ2n) is 13.8. The first-order chi connectivity index (χ1) is 24.8. The van der Waals surface area contributed by atoms with Crippen molar-refractivity contribution in [2.75, 3.05) is 0 Å². The van der Waals surface area contributed by atoms with E-state index in [0.717, 1.165) is 24.0 Å². The first-order valence-electron chi connectivity index (χ1n) is 17.4. The smallest absolute Gasteiger partial charge is 0.0360 e. The van der Waals surface area contributed by atoms with Crippen LogP contribution in [0.2, 0.25) is 0 Å². The Bertz CT molecular complexity index is 3290. The van der Waals surface area contributed by atoms with Crippen LogP contribution < -0.4 is 5.22 Å². The number of benzene rings is 6. The lowest BCUT2D eigenvalue weighted by Crippen LogP contribution is -2.08. The summed E-state index contributed by atoms with van der Waals surface area (Å²) in [5.41, 5.74) is 6.15. The Hall–Kier alpha value is -6.56. The molecule has 1 aliphatic rings. The highest BCUT2D eigenvalue weighted by molar-refractivity contribution is 6.39. The van der Waals surface area contributed by atoms with Crippen molar-refractivity contribution in [3.05, 3.63) is 151 Å². The molecule has 0 fully saturated rings. The zero-order valence-corrected chi connectivity index (χ0v) is 27.0. The van der Waals surface area contributed by atoms with Crippen molar-refractivity contribution in [3.8, 4) is 22.3 Å². The fourth-order valence-electron chi connectivity index (χ4n) is 9.47. The molecule has 2 nitrogen and oxygen atoms in total. The fourth-order valence-corrected chi connectivity index (χ4v) is 9.47. The van der Waals surface area contributed by atoms with Gasteiger partial charge < -0.3 is 0 Å². The molecule has 0 spiro atoms. The van der Waals surface area contributed by atoms with Crippen LogP contribution in [0.1, 0.15) is 12.0 Å². The van der Waals surface area contributed by atoms with Crippen LogP contribution in [0.4, 0.5) is 0 Å². The number of pyridine rings is 2. The van der Waals surface area contributed by atoms with E-state index < -0.39 is 0 Å². The lowest BCUT2D eigenvalue weighted by Gasteiger charge is -2.17. The zero-order chi connectivity index (χ0) is 32.5. The van der Waals surface area contributed by atoms with Crippen molar-refractivity contribution in [3.63, 3.8) is 0 Å². The third-order valence-electron chi connectivity index (χ3n) is 11.4. The van der Waals surface area contributed by atoms with E-state index in [1.54, 1.807) is 0 Å². The molecule has 0 amide bonds. The minimum Gasteiger partial charge on any atom is -0.264 e. The van der Waals surface area contributed by atoms with E-state index >= 15 is 0 Å². The Balaban J connectivity index is 1.41. The lowest BCUT2D eigenvalue weighted by molar-refractivity contribution is 1.05. The normalized spacial score (nSPS) is 13.0. The van der Waals surface area contributed by atoms with Crippen molar-refractivity contribution >= 4 is 92.3 Å². The van der Waals surface area contributed by atoms with E-state index in [4.69, 9.17) is 0 Å². The second kappa shape index (κ2) is 9.53. The summed E-state index contributed by atoms with van der Waals surface area (Å²) >= 11 is 0. The molecule has 12 rings (SSSR count). The van der Waals surface area contributed by atoms with Crippen molar-refractivity contribution in [1.29, 1.82) is 0 Å². The number of nitrogens with zero attached hydrogens (tertiary/aromatic N) is 2. The quantitative estimate of drug-likeness (QED) is 0.178. The number of aryl methyl sites for hydroxylation is 1. The summed E-state index contributed by atoms with van der Waals surface area (Å²) in [5, 5.41) is 21.9. The minimum atomic E-state index is 0.990. The third kappa shape index (κ3) is 3.29. The Morgan fingerprint density at radius 3 is 1.98 bits per heavy atom. The van der Waals surface area contributed by atoms with Crippen LogP contribution >= 0.6 is 0 Å². The van der Waals surface area contributed by atoms with Gasteiger partial charge in [-0.3, -0.25) is 9.97 Å². The molecule has 0 bridgehead atoms. The lowest BCUT2D eigenvalue weighted by atomic mass is 9.86. The molecule has 0 atom stereocenters. The van der Waals surface area contributed by atoms with Crippen molar-refractivity contribution < 1.29 is 0 Å². The molecule has 2 heteroatoms. The monoisotopic (exact) mass is 630 g/mol. The molecule has 11 aromatic rings. The fraction of sp³-hybridized carbons (Fsp3) is 0.0417. The molecule has 2 aromatic heterocycles. The maximum atomic E-state index is 4.68. The summed E-state index contributed by atoms with van der Waals surface area (Å²) in [6.45, 7) is 0. The maximum absolute atomic E-state index is 4.68. The molecule has 1 aliphatic carbocycles. The first kappa shape index (κ1) is 26.4. The van der Waals surface area contributed by atoms with Crippen molar-refractivity contribution in [1.82, 2.24) is 9.97 Å². The van der Waals surface area contributed by atoms with Gasteiger partial charge in [-0.15, -0.1) is 0 Å². The van der Waals surface area contributed by atoms with Crippen LogP contribution in [0.3, 0.4) is 0 Å². The number of hydrogen-bond acceptors (Lipinski definition) is 2. The van der Waals surface area contributed by atoms with Crippen LogP contribution in [0.5, 0.6) is 0 Å². The molecule has 0 radical (unpaired) electrons. The van der Waals surface area contributed by atoms with Crippen LogP contribution in [0.15, 0.2) is 128 Å². The molecule has 0 saturated heterocycles. The van der Waals surface area contributed by atoms with Gasteiger partial charge in [-0.2, -0.15) is 0 Å². The summed E-state index contributed by atoms with van der Waals surface area (Å²) < 4.78 is 0. The van der Waals surface area contributed by atoms with Crippen molar-refractivity contribution in [2.45, 2.75) is 12.8 Å². The van der Waals surface area contributed by atoms with Gasteiger partial charge in [0, 0.05) is 41.3 Å². The minimum absolute atomic E-state index is 0.990. The van der Waals surface area contributed by atoms with Gasteiger partial charge in [-0.25, -0.2) is 0 Å². The molecule has 0 saturated carbocycles. The summed E-state index contributed by atoms with van der Waals surface area (Å²) in [6.07, 6.45) is 12.3. The van der Waals surface area contributed by atoms with E-state index in [9.17, 15) is 0 Å². The Labute approximate surface area is 287 Å². The Morgan fingerprint density at radius 2 is 1.20 bits per heavy atom. The summed E-state index contributed by atoms with van der Waals surface area (Å²) in [7, 11) is 0. The van der Waals surface area contributed by atoms with Gasteiger partial charge >= 0.3 is 0 Å². The van der Waals surface area contributed by atoms with E-state index in [1.165, 1.54) is 108 Å². The predicted molar refractivity (Wildman–Crippen MR) is 210 cm³/mol. The molecular formula is C48H26N2. The van der Waals surface area contributed by atoms with Crippen LogP contribution in [-0.2, 0) is 6.42 Å². The van der Waals surface area contributed by atoms with Crippen molar-refractivity contribution in [2.24, 2.45) is 0 Å². The van der Waals surface area contributed by atoms with Crippen LogP contribution in [-0.4, -0.2) is 9.97 Å². The molecular weight excluding hydrogens is 605 g/mol. The predicted octanol–water partition coefficient (Wildman–Crippen LogP) is 11.5. The summed E-state index contributed by atoms with van der Waals surface area (Å²) in [5.74, 6) is 0. The molecule has 2 heterocycles. The van der Waals surface area contributed by atoms with Gasteiger partial charge in [0.2, 0.25) is 0 Å². The molecule has 0 aliphatic heterocycles. The van der Waals surface area contributed by atoms with E-state index in [1.807, 2.05) is 30.9 Å². The highest BCUT2D eigenvalue weighted by atomic mass is 14.6. The average molecular weight is 631 g/mol. The van der Waals surface area contributed by atoms with Crippen LogP contribution in [0.25, 0.3) is 115 Å². The number of fused-ring (bicyclic) bond motifs is 11. The SMILES string of the molecule is c1ccc2cc3c4c(c2c#1)CCC=c4c1c(-c2cccnc2)c2cc4c(cc2c(-c2cccnc2)c13)c1cccc2c3ccccc3cc4c21. The van der Waals surface area contributed by atoms with Gasteiger partial charge in [0.15, 0.2) is 0 Å². The molecule has 228 valence electrons. The van der Waals surface area contributed by atoms with E-state index in [-0.39, 0.29) is 0 Å². The van der Waals surface area contributed by atoms with E-state index in [0.29, 0.717) is 0 Å². The summed E-state index contributed by atoms with van der Waals surface area (Å²) in [4.78, 5) is 9.36. The molecule has 9 aromatic carbocycles. The standard InChI is InChI=1S/C48H26N2/c1-3-13-31-27(9-1)21-39-38-24-41-40(23-37(38)35-17-5-15-33(31)45(35)39)44(30-12-8-20-50-26-30)48-42-22-28-10-2-4-14-32(28)34-16-6-18-36(46(34)42)47(48)43(41)29-11-7-19-49-25-29/h1-3,5,7-13,15,17-26H,6,16H2.